The standard InChI is InChI=1S/C53H37FN4/c1-34-13-17-36(18-14-34)41-24-29-48-46(31-41)47-32-42(37-19-15-35(2)16-20-37)25-30-49(47)58(48)50-33-43(38-21-26-44(54)27-22-38)23-28-45(50)53-56-51(39-9-5-3-6-10-39)55-52(57-53)40-11-7-4-8-12-40/h3-33H,1-2H3. The minimum Gasteiger partial charge on any atom is -0.308 e. The van der Waals surface area contributed by atoms with Gasteiger partial charge in [-0.05, 0) is 95.8 Å². The van der Waals surface area contributed by atoms with E-state index in [1.807, 2.05) is 72.8 Å². The van der Waals surface area contributed by atoms with Crippen molar-refractivity contribution in [3.05, 3.63) is 205 Å². The predicted molar refractivity (Wildman–Crippen MR) is 236 cm³/mol. The summed E-state index contributed by atoms with van der Waals surface area (Å²) in [5.74, 6) is 1.45. The zero-order chi connectivity index (χ0) is 39.2. The van der Waals surface area contributed by atoms with E-state index in [0.717, 1.165) is 77.6 Å². The molecular weight excluding hydrogens is 712 g/mol. The molecule has 0 aliphatic heterocycles. The maximum absolute atomic E-state index is 14.2. The molecule has 4 nitrogen and oxygen atoms in total. The zero-order valence-corrected chi connectivity index (χ0v) is 32.1. The molecule has 276 valence electrons. The van der Waals surface area contributed by atoms with Crippen molar-refractivity contribution in [1.29, 1.82) is 0 Å². The molecule has 0 N–H and O–H groups in total. The number of benzene rings is 8. The molecule has 2 heterocycles. The van der Waals surface area contributed by atoms with Gasteiger partial charge in [-0.25, -0.2) is 19.3 Å². The number of hydrogen-bond acceptors (Lipinski definition) is 3. The Kier molecular flexibility index (Phi) is 8.76. The molecular formula is C53H37FN4. The molecule has 0 aliphatic rings. The van der Waals surface area contributed by atoms with Crippen molar-refractivity contribution < 1.29 is 4.39 Å². The number of rotatable bonds is 7. The van der Waals surface area contributed by atoms with Gasteiger partial charge in [0.2, 0.25) is 0 Å². The molecule has 0 aliphatic carbocycles. The maximum Gasteiger partial charge on any atom is 0.166 e. The van der Waals surface area contributed by atoms with E-state index in [4.69, 9.17) is 15.0 Å². The summed E-state index contributed by atoms with van der Waals surface area (Å²) in [6.45, 7) is 4.23. The van der Waals surface area contributed by atoms with Crippen LogP contribution in [0.2, 0.25) is 0 Å². The Morgan fingerprint density at radius 3 is 1.24 bits per heavy atom. The van der Waals surface area contributed by atoms with E-state index in [9.17, 15) is 4.39 Å². The summed E-state index contributed by atoms with van der Waals surface area (Å²) in [5.41, 5.74) is 14.5. The van der Waals surface area contributed by atoms with E-state index < -0.39 is 0 Å². The number of nitrogens with zero attached hydrogens (tertiary/aromatic N) is 4. The Morgan fingerprint density at radius 2 is 0.759 bits per heavy atom. The lowest BCUT2D eigenvalue weighted by atomic mass is 9.99. The lowest BCUT2D eigenvalue weighted by molar-refractivity contribution is 0.628. The van der Waals surface area contributed by atoms with Crippen LogP contribution in [0.15, 0.2) is 188 Å². The van der Waals surface area contributed by atoms with Crippen molar-refractivity contribution in [2.45, 2.75) is 13.8 Å². The molecule has 8 aromatic carbocycles. The van der Waals surface area contributed by atoms with Crippen LogP contribution in [-0.2, 0) is 0 Å². The van der Waals surface area contributed by atoms with Gasteiger partial charge in [-0.3, -0.25) is 0 Å². The third-order valence-corrected chi connectivity index (χ3v) is 10.9. The Balaban J connectivity index is 1.27. The third-order valence-electron chi connectivity index (χ3n) is 10.9. The molecule has 0 atom stereocenters. The summed E-state index contributed by atoms with van der Waals surface area (Å²) in [6, 6.07) is 63.9. The maximum atomic E-state index is 14.2. The molecule has 0 fully saturated rings. The van der Waals surface area contributed by atoms with Crippen LogP contribution in [0.4, 0.5) is 4.39 Å². The first kappa shape index (κ1) is 35.0. The molecule has 58 heavy (non-hydrogen) atoms. The minimum absolute atomic E-state index is 0.274. The van der Waals surface area contributed by atoms with Crippen LogP contribution in [0.25, 0.3) is 95.0 Å². The number of aromatic nitrogens is 4. The highest BCUT2D eigenvalue weighted by Gasteiger charge is 2.21. The molecule has 0 saturated carbocycles. The highest BCUT2D eigenvalue weighted by atomic mass is 19.1. The Bertz CT molecular complexity index is 2940. The molecule has 0 amide bonds. The molecule has 10 aromatic rings. The van der Waals surface area contributed by atoms with Crippen molar-refractivity contribution in [2.75, 3.05) is 0 Å². The summed E-state index contributed by atoms with van der Waals surface area (Å²) in [5, 5.41) is 2.26. The van der Waals surface area contributed by atoms with E-state index in [1.54, 1.807) is 0 Å². The van der Waals surface area contributed by atoms with E-state index in [1.165, 1.54) is 23.3 Å². The first-order valence-corrected chi connectivity index (χ1v) is 19.5. The van der Waals surface area contributed by atoms with Crippen molar-refractivity contribution in [2.24, 2.45) is 0 Å². The van der Waals surface area contributed by atoms with Crippen LogP contribution in [0.3, 0.4) is 0 Å². The van der Waals surface area contributed by atoms with E-state index >= 15 is 0 Å². The molecule has 0 radical (unpaired) electrons. The Labute approximate surface area is 336 Å². The normalized spacial score (nSPS) is 11.4. The fourth-order valence-corrected chi connectivity index (χ4v) is 7.79. The lowest BCUT2D eigenvalue weighted by Gasteiger charge is -2.17. The van der Waals surface area contributed by atoms with Gasteiger partial charge in [-0.15, -0.1) is 0 Å². The van der Waals surface area contributed by atoms with Gasteiger partial charge in [-0.2, -0.15) is 0 Å². The number of halogens is 1. The van der Waals surface area contributed by atoms with Gasteiger partial charge in [0.25, 0.3) is 0 Å². The minimum atomic E-state index is -0.274. The average Bonchev–Trinajstić information content (AvgIpc) is 3.60. The second-order valence-electron chi connectivity index (χ2n) is 14.8. The van der Waals surface area contributed by atoms with Crippen LogP contribution in [0.5, 0.6) is 0 Å². The van der Waals surface area contributed by atoms with Gasteiger partial charge in [0, 0.05) is 27.5 Å². The van der Waals surface area contributed by atoms with E-state index in [-0.39, 0.29) is 5.82 Å². The second-order valence-corrected chi connectivity index (χ2v) is 14.8. The third kappa shape index (κ3) is 6.53. The van der Waals surface area contributed by atoms with Crippen LogP contribution >= 0.6 is 0 Å². The van der Waals surface area contributed by atoms with Crippen LogP contribution in [0, 0.1) is 19.7 Å². The average molecular weight is 749 g/mol. The van der Waals surface area contributed by atoms with Gasteiger partial charge in [0.05, 0.1) is 16.7 Å². The highest BCUT2D eigenvalue weighted by molar-refractivity contribution is 6.12. The van der Waals surface area contributed by atoms with Crippen molar-refractivity contribution >= 4 is 21.8 Å². The van der Waals surface area contributed by atoms with Crippen LogP contribution < -0.4 is 0 Å². The molecule has 0 unspecified atom stereocenters. The predicted octanol–water partition coefficient (Wildman–Crippen LogP) is 13.7. The summed E-state index contributed by atoms with van der Waals surface area (Å²) >= 11 is 0. The number of aryl methyl sites for hydroxylation is 2. The summed E-state index contributed by atoms with van der Waals surface area (Å²) in [6.07, 6.45) is 0. The first-order chi connectivity index (χ1) is 28.4. The Hall–Kier alpha value is -7.50. The SMILES string of the molecule is Cc1ccc(-c2ccc3c(c2)c2cc(-c4ccc(C)cc4)ccc2n3-c2cc(-c3ccc(F)cc3)ccc2-c2nc(-c3ccccc3)nc(-c3ccccc3)n2)cc1. The second kappa shape index (κ2) is 14.5. The molecule has 10 rings (SSSR count). The highest BCUT2D eigenvalue weighted by Crippen LogP contribution is 2.41. The topological polar surface area (TPSA) is 43.6 Å². The van der Waals surface area contributed by atoms with Gasteiger partial charge in [0.1, 0.15) is 5.82 Å². The summed E-state index contributed by atoms with van der Waals surface area (Å²) in [7, 11) is 0. The zero-order valence-electron chi connectivity index (χ0n) is 32.1. The number of hydrogen-bond donors (Lipinski definition) is 0. The quantitative estimate of drug-likeness (QED) is 0.163. The lowest BCUT2D eigenvalue weighted by Crippen LogP contribution is -2.04. The van der Waals surface area contributed by atoms with E-state index in [2.05, 4.69) is 122 Å². The largest absolute Gasteiger partial charge is 0.308 e. The van der Waals surface area contributed by atoms with Crippen molar-refractivity contribution in [1.82, 2.24) is 19.5 Å². The molecule has 5 heteroatoms. The van der Waals surface area contributed by atoms with Gasteiger partial charge in [0.15, 0.2) is 17.5 Å². The first-order valence-electron chi connectivity index (χ1n) is 19.5. The molecule has 0 spiro atoms. The monoisotopic (exact) mass is 748 g/mol. The Morgan fingerprint density at radius 1 is 0.362 bits per heavy atom. The smallest absolute Gasteiger partial charge is 0.166 e. The van der Waals surface area contributed by atoms with Crippen LogP contribution in [-0.4, -0.2) is 19.5 Å². The molecule has 0 bridgehead atoms. The van der Waals surface area contributed by atoms with Crippen molar-refractivity contribution in [3.63, 3.8) is 0 Å². The van der Waals surface area contributed by atoms with Gasteiger partial charge >= 0.3 is 0 Å². The van der Waals surface area contributed by atoms with Gasteiger partial charge < -0.3 is 4.57 Å². The van der Waals surface area contributed by atoms with Crippen molar-refractivity contribution in [3.8, 4) is 73.2 Å². The molecule has 2 aromatic heterocycles. The fraction of sp³-hybridized carbons (Fsp3) is 0.0377. The molecule has 0 saturated heterocycles. The van der Waals surface area contributed by atoms with E-state index in [0.29, 0.717) is 17.5 Å². The summed E-state index contributed by atoms with van der Waals surface area (Å²) < 4.78 is 16.6. The summed E-state index contributed by atoms with van der Waals surface area (Å²) in [4.78, 5) is 15.3. The van der Waals surface area contributed by atoms with Gasteiger partial charge in [-0.1, -0.05) is 151 Å². The fourth-order valence-electron chi connectivity index (χ4n) is 7.79. The van der Waals surface area contributed by atoms with Crippen LogP contribution in [0.1, 0.15) is 11.1 Å². The number of fused-ring (bicyclic) bond motifs is 3.